The van der Waals surface area contributed by atoms with Gasteiger partial charge in [0.15, 0.2) is 5.78 Å². The van der Waals surface area contributed by atoms with Gasteiger partial charge in [-0.15, -0.1) is 11.6 Å². The molecule has 2 saturated heterocycles. The Morgan fingerprint density at radius 1 is 0.930 bits per heavy atom. The van der Waals surface area contributed by atoms with Crippen LogP contribution in [0.2, 0.25) is 0 Å². The van der Waals surface area contributed by atoms with E-state index in [0.717, 1.165) is 55.4 Å². The van der Waals surface area contributed by atoms with Crippen molar-refractivity contribution in [3.8, 4) is 0 Å². The highest BCUT2D eigenvalue weighted by molar-refractivity contribution is 6.17. The average Bonchev–Trinajstić information content (AvgIpc) is 3.63. The Morgan fingerprint density at radius 3 is 2.26 bits per heavy atom. The van der Waals surface area contributed by atoms with Crippen LogP contribution in [0.25, 0.3) is 11.0 Å². The zero-order valence-corrected chi connectivity index (χ0v) is 25.3. The molecule has 10 heteroatoms. The van der Waals surface area contributed by atoms with Crippen molar-refractivity contribution in [2.45, 2.75) is 76.4 Å². The van der Waals surface area contributed by atoms with Crippen molar-refractivity contribution in [1.29, 1.82) is 0 Å². The molecule has 1 N–H and O–H groups in total. The molecule has 5 heterocycles. The predicted molar refractivity (Wildman–Crippen MR) is 171 cm³/mol. The van der Waals surface area contributed by atoms with Crippen LogP contribution in [-0.2, 0) is 5.88 Å². The maximum Gasteiger partial charge on any atom is 0.263 e. The van der Waals surface area contributed by atoms with E-state index in [4.69, 9.17) is 21.6 Å². The monoisotopic (exact) mass is 597 g/mol. The lowest BCUT2D eigenvalue weighted by molar-refractivity contribution is 0.101. The lowest BCUT2D eigenvalue weighted by atomic mass is 10.0. The fraction of sp³-hybridized carbons (Fsp3) is 0.424. The second-order valence-corrected chi connectivity index (χ2v) is 12.4. The fourth-order valence-corrected chi connectivity index (χ4v) is 7.54. The third kappa shape index (κ3) is 5.03. The van der Waals surface area contributed by atoms with Crippen molar-refractivity contribution in [1.82, 2.24) is 19.5 Å². The van der Waals surface area contributed by atoms with E-state index in [1.165, 1.54) is 25.5 Å². The van der Waals surface area contributed by atoms with Crippen LogP contribution in [0.1, 0.15) is 73.0 Å². The van der Waals surface area contributed by atoms with Gasteiger partial charge < -0.3 is 15.1 Å². The number of pyridine rings is 2. The first-order valence-corrected chi connectivity index (χ1v) is 15.8. The average molecular weight is 598 g/mol. The van der Waals surface area contributed by atoms with Crippen LogP contribution in [0, 0.1) is 6.92 Å². The maximum absolute atomic E-state index is 13.5. The third-order valence-electron chi connectivity index (χ3n) is 9.47. The van der Waals surface area contributed by atoms with Crippen LogP contribution in [0.3, 0.4) is 0 Å². The van der Waals surface area contributed by atoms with E-state index in [9.17, 15) is 9.59 Å². The molecule has 0 amide bonds. The molecule has 1 aliphatic carbocycles. The normalized spacial score (nSPS) is 20.3. The molecule has 9 nitrogen and oxygen atoms in total. The molecule has 3 fully saturated rings. The highest BCUT2D eigenvalue weighted by Gasteiger charge is 2.40. The van der Waals surface area contributed by atoms with Gasteiger partial charge in [0.2, 0.25) is 5.95 Å². The predicted octanol–water partition coefficient (Wildman–Crippen LogP) is 6.15. The Kier molecular flexibility index (Phi) is 7.29. The van der Waals surface area contributed by atoms with E-state index in [2.05, 4.69) is 50.4 Å². The number of halogens is 1. The van der Waals surface area contributed by atoms with Crippen molar-refractivity contribution in [2.75, 3.05) is 28.2 Å². The summed E-state index contributed by atoms with van der Waals surface area (Å²) in [4.78, 5) is 45.0. The van der Waals surface area contributed by atoms with Gasteiger partial charge in [-0.05, 0) is 74.9 Å². The largest absolute Gasteiger partial charge is 0.366 e. The number of aromatic nitrogens is 4. The van der Waals surface area contributed by atoms with E-state index in [-0.39, 0.29) is 22.9 Å². The van der Waals surface area contributed by atoms with Crippen LogP contribution in [0.15, 0.2) is 53.6 Å². The quantitative estimate of drug-likeness (QED) is 0.200. The molecule has 2 atom stereocenters. The molecule has 1 saturated carbocycles. The molecular weight excluding hydrogens is 562 g/mol. The number of aryl methyl sites for hydroxylation is 1. The first-order valence-electron chi connectivity index (χ1n) is 15.3. The fourth-order valence-electron chi connectivity index (χ4n) is 7.36. The second-order valence-electron chi connectivity index (χ2n) is 12.1. The summed E-state index contributed by atoms with van der Waals surface area (Å²) in [6.45, 7) is 5.17. The van der Waals surface area contributed by atoms with Crippen molar-refractivity contribution in [2.24, 2.45) is 0 Å². The van der Waals surface area contributed by atoms with Gasteiger partial charge >= 0.3 is 0 Å². The molecule has 222 valence electrons. The number of Topliss-reactive ketones (excluding diaryl/α,β-unsaturated/α-hetero) is 1. The number of piperazine rings is 1. The molecule has 0 spiro atoms. The highest BCUT2D eigenvalue weighted by Crippen LogP contribution is 2.37. The first kappa shape index (κ1) is 27.8. The number of benzene rings is 1. The summed E-state index contributed by atoms with van der Waals surface area (Å²) in [6, 6.07) is 13.7. The number of hydrogen-bond donors (Lipinski definition) is 1. The molecule has 2 bridgehead atoms. The number of carbonyl (C=O) groups is 1. The van der Waals surface area contributed by atoms with E-state index in [0.29, 0.717) is 40.9 Å². The van der Waals surface area contributed by atoms with Crippen molar-refractivity contribution in [3.05, 3.63) is 75.8 Å². The van der Waals surface area contributed by atoms with Gasteiger partial charge in [0.25, 0.3) is 5.56 Å². The molecule has 1 aromatic carbocycles. The summed E-state index contributed by atoms with van der Waals surface area (Å²) in [5.74, 6) is 1.32. The minimum atomic E-state index is -0.252. The Morgan fingerprint density at radius 2 is 1.63 bits per heavy atom. The molecule has 2 unspecified atom stereocenters. The van der Waals surface area contributed by atoms with Crippen molar-refractivity contribution in [3.63, 3.8) is 0 Å². The van der Waals surface area contributed by atoms with Gasteiger partial charge in [-0.2, -0.15) is 4.98 Å². The molecule has 4 aromatic rings. The van der Waals surface area contributed by atoms with Gasteiger partial charge in [0, 0.05) is 54.4 Å². The van der Waals surface area contributed by atoms with Gasteiger partial charge in [-0.3, -0.25) is 14.2 Å². The lowest BCUT2D eigenvalue weighted by Gasteiger charge is -2.43. The molecule has 3 aromatic heterocycles. The number of nitrogens with one attached hydrogen (secondary N) is 1. The number of alkyl halides is 1. The number of fused-ring (bicyclic) bond motifs is 3. The van der Waals surface area contributed by atoms with Crippen LogP contribution in [0.5, 0.6) is 0 Å². The molecular formula is C33H36ClN7O2. The van der Waals surface area contributed by atoms with E-state index < -0.39 is 0 Å². The Bertz CT molecular complexity index is 1720. The van der Waals surface area contributed by atoms with Crippen LogP contribution < -0.4 is 20.7 Å². The van der Waals surface area contributed by atoms with Crippen molar-refractivity contribution < 1.29 is 4.79 Å². The third-order valence-corrected chi connectivity index (χ3v) is 9.78. The number of hydrogen-bond acceptors (Lipinski definition) is 8. The summed E-state index contributed by atoms with van der Waals surface area (Å²) in [5, 5.41) is 3.97. The van der Waals surface area contributed by atoms with Gasteiger partial charge in [-0.25, -0.2) is 9.97 Å². The van der Waals surface area contributed by atoms with E-state index in [1.807, 2.05) is 12.3 Å². The summed E-state index contributed by atoms with van der Waals surface area (Å²) in [5.41, 5.74) is 4.71. The standard InChI is InChI=1S/C33H36ClN7O2/c1-20-28-17-36-33(38-31(28)41(23-5-3-4-6-23)32(43)30(20)21(2)42)37-29-14-13-25(16-35-29)39-18-26-11-12-27(19-39)40(26)24-9-7-22(15-34)8-10-24/h7-10,13-14,16-17,23,26-27H,3-6,11-12,15,18-19H2,1-2H3,(H,35,36,37,38). The number of carbonyl (C=O) groups excluding carboxylic acids is 1. The lowest BCUT2D eigenvalue weighted by Crippen LogP contribution is -2.54. The summed E-state index contributed by atoms with van der Waals surface area (Å²) < 4.78 is 1.73. The van der Waals surface area contributed by atoms with Gasteiger partial charge in [-0.1, -0.05) is 25.0 Å². The number of rotatable bonds is 7. The van der Waals surface area contributed by atoms with Gasteiger partial charge in [0.1, 0.15) is 11.5 Å². The number of nitrogens with zero attached hydrogens (tertiary/aromatic N) is 6. The zero-order chi connectivity index (χ0) is 29.7. The number of ketones is 1. The molecule has 3 aliphatic rings. The van der Waals surface area contributed by atoms with E-state index in [1.54, 1.807) is 17.7 Å². The van der Waals surface area contributed by atoms with E-state index >= 15 is 0 Å². The number of anilines is 4. The Labute approximate surface area is 255 Å². The molecule has 7 rings (SSSR count). The summed E-state index contributed by atoms with van der Waals surface area (Å²) in [6.07, 6.45) is 9.92. The second kappa shape index (κ2) is 11.3. The van der Waals surface area contributed by atoms with Crippen LogP contribution in [0.4, 0.5) is 23.1 Å². The summed E-state index contributed by atoms with van der Waals surface area (Å²) >= 11 is 6.00. The SMILES string of the molecule is CC(=O)c1c(C)c2cnc(Nc3ccc(N4CC5CCC(C4)N5c4ccc(CCl)cc4)cn3)nc2n(C2CCCC2)c1=O. The zero-order valence-electron chi connectivity index (χ0n) is 24.6. The van der Waals surface area contributed by atoms with Crippen LogP contribution in [-0.4, -0.2) is 50.5 Å². The minimum Gasteiger partial charge on any atom is -0.366 e. The highest BCUT2D eigenvalue weighted by atomic mass is 35.5. The van der Waals surface area contributed by atoms with Crippen LogP contribution >= 0.6 is 11.6 Å². The van der Waals surface area contributed by atoms with Crippen molar-refractivity contribution >= 4 is 51.6 Å². The minimum absolute atomic E-state index is 0.0367. The smallest absolute Gasteiger partial charge is 0.263 e. The van der Waals surface area contributed by atoms with Gasteiger partial charge in [0.05, 0.1) is 17.4 Å². The maximum atomic E-state index is 13.5. The Hall–Kier alpha value is -3.98. The molecule has 43 heavy (non-hydrogen) atoms. The first-order chi connectivity index (χ1) is 20.9. The summed E-state index contributed by atoms with van der Waals surface area (Å²) in [7, 11) is 0. The molecule has 2 aliphatic heterocycles. The Balaban J connectivity index is 1.11. The topological polar surface area (TPSA) is 96.2 Å². The molecule has 0 radical (unpaired) electrons.